The van der Waals surface area contributed by atoms with Gasteiger partial charge in [0.15, 0.2) is 5.75 Å². The summed E-state index contributed by atoms with van der Waals surface area (Å²) in [6, 6.07) is 7.80. The Bertz CT molecular complexity index is 1150. The summed E-state index contributed by atoms with van der Waals surface area (Å²) >= 11 is 1.13. The number of para-hydroxylation sites is 1. The topological polar surface area (TPSA) is 99.2 Å². The highest BCUT2D eigenvalue weighted by Gasteiger charge is 2.35. The van der Waals surface area contributed by atoms with Crippen molar-refractivity contribution in [3.63, 3.8) is 0 Å². The Kier molecular flexibility index (Phi) is 9.15. The van der Waals surface area contributed by atoms with Crippen molar-refractivity contribution in [3.8, 4) is 5.75 Å². The molecule has 1 aliphatic carbocycles. The molecule has 1 amide bonds. The van der Waals surface area contributed by atoms with Crippen LogP contribution in [0.25, 0.3) is 0 Å². The summed E-state index contributed by atoms with van der Waals surface area (Å²) in [5.41, 5.74) is 0.531. The van der Waals surface area contributed by atoms with Crippen LogP contribution in [0.4, 0.5) is 5.69 Å². The number of nitrogens with one attached hydrogen (secondary N) is 1. The Balaban J connectivity index is 1.67. The molecule has 0 saturated heterocycles. The standard InChI is InChI=1S/C27H39N3O5S2/c1-19-15-30(20(2)18-31)27(32)22-11-7-12-23(28-37(33,34)25-13-8-14-36-25)26(22)35-24(19)17-29(3)16-21-9-5-4-6-10-21/h7-8,11-14,19-21,24,28,31H,4-6,9-10,15-18H2,1-3H3/t19-,20-,24-/m0/s1. The molecule has 3 atom stereocenters. The van der Waals surface area contributed by atoms with Gasteiger partial charge in [0, 0.05) is 25.6 Å². The van der Waals surface area contributed by atoms with Crippen LogP contribution in [0.3, 0.4) is 0 Å². The quantitative estimate of drug-likeness (QED) is 0.484. The molecule has 37 heavy (non-hydrogen) atoms. The van der Waals surface area contributed by atoms with Crippen molar-refractivity contribution in [2.24, 2.45) is 11.8 Å². The summed E-state index contributed by atoms with van der Waals surface area (Å²) in [5, 5.41) is 11.6. The maximum atomic E-state index is 13.6. The number of aliphatic hydroxyl groups excluding tert-OH is 1. The molecule has 10 heteroatoms. The number of sulfonamides is 1. The van der Waals surface area contributed by atoms with Gasteiger partial charge in [-0.2, -0.15) is 0 Å². The zero-order valence-electron chi connectivity index (χ0n) is 21.9. The predicted molar refractivity (Wildman–Crippen MR) is 147 cm³/mol. The molecule has 1 saturated carbocycles. The second-order valence-corrected chi connectivity index (χ2v) is 13.4. The molecule has 204 valence electrons. The van der Waals surface area contributed by atoms with E-state index in [2.05, 4.69) is 16.7 Å². The summed E-state index contributed by atoms with van der Waals surface area (Å²) in [4.78, 5) is 17.6. The first-order valence-electron chi connectivity index (χ1n) is 13.2. The van der Waals surface area contributed by atoms with Gasteiger partial charge in [0.25, 0.3) is 15.9 Å². The Morgan fingerprint density at radius 3 is 2.62 bits per heavy atom. The number of amides is 1. The van der Waals surface area contributed by atoms with Gasteiger partial charge in [0.2, 0.25) is 0 Å². The number of aliphatic hydroxyl groups is 1. The third-order valence-electron chi connectivity index (χ3n) is 7.48. The third-order valence-corrected chi connectivity index (χ3v) is 10.2. The van der Waals surface area contributed by atoms with Crippen LogP contribution in [0.1, 0.15) is 56.3 Å². The van der Waals surface area contributed by atoms with Crippen LogP contribution in [0.15, 0.2) is 39.9 Å². The molecule has 1 fully saturated rings. The van der Waals surface area contributed by atoms with Gasteiger partial charge in [-0.05, 0) is 56.3 Å². The molecular weight excluding hydrogens is 510 g/mol. The highest BCUT2D eigenvalue weighted by molar-refractivity contribution is 7.94. The Morgan fingerprint density at radius 2 is 1.95 bits per heavy atom. The number of carbonyl (C=O) groups is 1. The van der Waals surface area contributed by atoms with E-state index in [4.69, 9.17) is 4.74 Å². The zero-order chi connectivity index (χ0) is 26.6. The average Bonchev–Trinajstić information content (AvgIpc) is 3.43. The minimum atomic E-state index is -3.84. The highest BCUT2D eigenvalue weighted by Crippen LogP contribution is 2.36. The second-order valence-electron chi connectivity index (χ2n) is 10.6. The minimum Gasteiger partial charge on any atom is -0.486 e. The van der Waals surface area contributed by atoms with Crippen molar-refractivity contribution in [1.29, 1.82) is 0 Å². The molecular formula is C27H39N3O5S2. The van der Waals surface area contributed by atoms with Crippen molar-refractivity contribution >= 4 is 33.0 Å². The van der Waals surface area contributed by atoms with Crippen molar-refractivity contribution in [2.75, 3.05) is 38.0 Å². The molecule has 1 aliphatic heterocycles. The zero-order valence-corrected chi connectivity index (χ0v) is 23.6. The SMILES string of the molecule is C[C@H]1CN([C@@H](C)CO)C(=O)c2cccc(NS(=O)(=O)c3cccs3)c2O[C@H]1CN(C)CC1CCCCC1. The van der Waals surface area contributed by atoms with E-state index >= 15 is 0 Å². The van der Waals surface area contributed by atoms with E-state index in [9.17, 15) is 18.3 Å². The lowest BCUT2D eigenvalue weighted by atomic mass is 9.89. The van der Waals surface area contributed by atoms with Gasteiger partial charge >= 0.3 is 0 Å². The number of nitrogens with zero attached hydrogens (tertiary/aromatic N) is 2. The smallest absolute Gasteiger partial charge is 0.271 e. The normalized spacial score (nSPS) is 22.2. The Hall–Kier alpha value is -2.14. The molecule has 0 spiro atoms. The van der Waals surface area contributed by atoms with Crippen LogP contribution in [0.2, 0.25) is 0 Å². The van der Waals surface area contributed by atoms with Crippen molar-refractivity contribution in [2.45, 2.75) is 62.3 Å². The molecule has 8 nitrogen and oxygen atoms in total. The average molecular weight is 550 g/mol. The van der Waals surface area contributed by atoms with E-state index in [0.29, 0.717) is 24.6 Å². The first-order chi connectivity index (χ1) is 17.7. The lowest BCUT2D eigenvalue weighted by molar-refractivity contribution is 0.0333. The molecule has 2 N–H and O–H groups in total. The van der Waals surface area contributed by atoms with Gasteiger partial charge in [-0.1, -0.05) is 38.3 Å². The van der Waals surface area contributed by atoms with Gasteiger partial charge in [-0.3, -0.25) is 9.52 Å². The monoisotopic (exact) mass is 549 g/mol. The largest absolute Gasteiger partial charge is 0.486 e. The molecule has 0 radical (unpaired) electrons. The Morgan fingerprint density at radius 1 is 1.19 bits per heavy atom. The van der Waals surface area contributed by atoms with Gasteiger partial charge in [-0.15, -0.1) is 11.3 Å². The molecule has 0 unspecified atom stereocenters. The van der Waals surface area contributed by atoms with Crippen molar-refractivity contribution in [3.05, 3.63) is 41.3 Å². The Labute approximate surface area is 224 Å². The summed E-state index contributed by atoms with van der Waals surface area (Å²) in [5.74, 6) is 0.595. The summed E-state index contributed by atoms with van der Waals surface area (Å²) in [6.07, 6.45) is 6.11. The first-order valence-corrected chi connectivity index (χ1v) is 15.5. The number of carbonyl (C=O) groups excluding carboxylic acids is 1. The number of likely N-dealkylation sites (N-methyl/N-ethyl adjacent to an activating group) is 1. The number of rotatable bonds is 9. The van der Waals surface area contributed by atoms with Crippen LogP contribution in [-0.2, 0) is 10.0 Å². The van der Waals surface area contributed by atoms with Gasteiger partial charge in [-0.25, -0.2) is 8.42 Å². The van der Waals surface area contributed by atoms with Crippen LogP contribution in [-0.4, -0.2) is 74.7 Å². The molecule has 1 aromatic heterocycles. The minimum absolute atomic E-state index is 0.0399. The fourth-order valence-electron chi connectivity index (χ4n) is 5.35. The number of hydrogen-bond donors (Lipinski definition) is 2. The molecule has 0 bridgehead atoms. The molecule has 2 aliphatic rings. The fraction of sp³-hybridized carbons (Fsp3) is 0.593. The fourth-order valence-corrected chi connectivity index (χ4v) is 7.40. The summed E-state index contributed by atoms with van der Waals surface area (Å²) < 4.78 is 35.5. The van der Waals surface area contributed by atoms with E-state index in [-0.39, 0.29) is 46.2 Å². The third kappa shape index (κ3) is 6.66. The van der Waals surface area contributed by atoms with E-state index in [1.54, 1.807) is 40.6 Å². The molecule has 2 aromatic rings. The van der Waals surface area contributed by atoms with Crippen molar-refractivity contribution in [1.82, 2.24) is 9.80 Å². The predicted octanol–water partition coefficient (Wildman–Crippen LogP) is 4.28. The lowest BCUT2D eigenvalue weighted by Gasteiger charge is -2.39. The first kappa shape index (κ1) is 27.9. The van der Waals surface area contributed by atoms with E-state index in [1.807, 2.05) is 13.8 Å². The number of thiophene rings is 1. The van der Waals surface area contributed by atoms with E-state index in [0.717, 1.165) is 17.9 Å². The number of benzene rings is 1. The number of hydrogen-bond acceptors (Lipinski definition) is 7. The van der Waals surface area contributed by atoms with Gasteiger partial charge in [0.1, 0.15) is 10.3 Å². The molecule has 2 heterocycles. The highest BCUT2D eigenvalue weighted by atomic mass is 32.2. The molecule has 1 aromatic carbocycles. The van der Waals surface area contributed by atoms with Crippen LogP contribution in [0, 0.1) is 11.8 Å². The summed E-state index contributed by atoms with van der Waals surface area (Å²) in [6.45, 7) is 5.78. The maximum Gasteiger partial charge on any atom is 0.271 e. The van der Waals surface area contributed by atoms with Gasteiger partial charge in [0.05, 0.1) is 23.9 Å². The van der Waals surface area contributed by atoms with E-state index in [1.165, 1.54) is 32.1 Å². The number of anilines is 1. The van der Waals surface area contributed by atoms with Gasteiger partial charge < -0.3 is 19.6 Å². The number of fused-ring (bicyclic) bond motifs is 1. The maximum absolute atomic E-state index is 13.6. The summed E-state index contributed by atoms with van der Waals surface area (Å²) in [7, 11) is -1.73. The molecule has 4 rings (SSSR count). The second kappa shape index (κ2) is 12.1. The lowest BCUT2D eigenvalue weighted by Crippen LogP contribution is -2.50. The van der Waals surface area contributed by atoms with E-state index < -0.39 is 10.0 Å². The number of ether oxygens (including phenoxy) is 1. The van der Waals surface area contributed by atoms with Crippen LogP contribution < -0.4 is 9.46 Å². The van der Waals surface area contributed by atoms with Crippen LogP contribution >= 0.6 is 11.3 Å². The van der Waals surface area contributed by atoms with Crippen molar-refractivity contribution < 1.29 is 23.1 Å². The van der Waals surface area contributed by atoms with Crippen LogP contribution in [0.5, 0.6) is 5.75 Å².